The summed E-state index contributed by atoms with van der Waals surface area (Å²) >= 11 is 0. The third-order valence-corrected chi connectivity index (χ3v) is 12.4. The minimum Gasteiger partial charge on any atom is -0.370 e. The van der Waals surface area contributed by atoms with Gasteiger partial charge < -0.3 is 15.1 Å². The van der Waals surface area contributed by atoms with Crippen molar-refractivity contribution in [1.82, 2.24) is 29.7 Å². The molecule has 3 aliphatic heterocycles. The molecule has 3 saturated heterocycles. The summed E-state index contributed by atoms with van der Waals surface area (Å²) in [6.45, 7) is 7.51. The van der Waals surface area contributed by atoms with Gasteiger partial charge in [-0.1, -0.05) is 37.1 Å². The van der Waals surface area contributed by atoms with Gasteiger partial charge in [-0.05, 0) is 113 Å². The number of aromatic nitrogens is 4. The van der Waals surface area contributed by atoms with Crippen LogP contribution in [0.4, 0.5) is 17.5 Å². The third kappa shape index (κ3) is 7.40. The van der Waals surface area contributed by atoms with Crippen LogP contribution in [-0.4, -0.2) is 74.2 Å². The standard InChI is InChI=1S/C42H50N8O4/c1-26-35-25-44-42(47-39(35)50(32-5-3-4-6-32)41(54)38(26)27(2)51)45-36-13-11-33(24-43-36)49-21-17-31(18-22-49)48-19-15-29(16-20-48)23-28-7-9-30(10-8-28)34-12-14-37(52)46-40(34)53/h7-11,13,24-25,29,31-32,34H,3-6,12,14-23H2,1-2H3,(H,46,52,53)(H,43,44,45,47). The van der Waals surface area contributed by atoms with E-state index in [9.17, 15) is 19.2 Å². The van der Waals surface area contributed by atoms with Crippen LogP contribution in [0.25, 0.3) is 11.0 Å². The zero-order valence-electron chi connectivity index (χ0n) is 31.4. The zero-order chi connectivity index (χ0) is 37.3. The molecule has 0 spiro atoms. The van der Waals surface area contributed by atoms with Crippen molar-refractivity contribution in [2.75, 3.05) is 36.4 Å². The van der Waals surface area contributed by atoms with Crippen molar-refractivity contribution < 1.29 is 14.4 Å². The number of hydrogen-bond acceptors (Lipinski definition) is 10. The van der Waals surface area contributed by atoms with E-state index in [-0.39, 0.29) is 40.7 Å². The van der Waals surface area contributed by atoms with Gasteiger partial charge in [0.15, 0.2) is 5.78 Å². The molecule has 4 fully saturated rings. The molecule has 0 bridgehead atoms. The predicted octanol–water partition coefficient (Wildman–Crippen LogP) is 6.00. The Morgan fingerprint density at radius 2 is 1.59 bits per heavy atom. The number of fused-ring (bicyclic) bond motifs is 1. The van der Waals surface area contributed by atoms with Crippen molar-refractivity contribution in [3.63, 3.8) is 0 Å². The molecule has 2 amide bonds. The van der Waals surface area contributed by atoms with Gasteiger partial charge in [0, 0.05) is 43.2 Å². The molecular weight excluding hydrogens is 681 g/mol. The summed E-state index contributed by atoms with van der Waals surface area (Å²) in [4.78, 5) is 69.0. The van der Waals surface area contributed by atoms with Crippen LogP contribution in [0.5, 0.6) is 0 Å². The fourth-order valence-electron chi connectivity index (χ4n) is 9.31. The highest BCUT2D eigenvalue weighted by molar-refractivity contribution is 6.01. The SMILES string of the molecule is CC(=O)c1c(C)c2cnc(Nc3ccc(N4CCC(N5CCC(Cc6ccc(C7CCC(=O)NC7=O)cc6)CC5)CC4)cn3)nc2n(C2CCCC2)c1=O. The second kappa shape index (κ2) is 15.4. The maximum absolute atomic E-state index is 13.6. The van der Waals surface area contributed by atoms with Crippen LogP contribution in [0.1, 0.15) is 110 Å². The Balaban J connectivity index is 0.835. The van der Waals surface area contributed by atoms with E-state index in [1.165, 1.54) is 25.3 Å². The Morgan fingerprint density at radius 3 is 2.26 bits per heavy atom. The average molecular weight is 731 g/mol. The number of imide groups is 1. The predicted molar refractivity (Wildman–Crippen MR) is 208 cm³/mol. The largest absolute Gasteiger partial charge is 0.370 e. The van der Waals surface area contributed by atoms with Gasteiger partial charge in [0.1, 0.15) is 11.5 Å². The van der Waals surface area contributed by atoms with Crippen LogP contribution in [-0.2, 0) is 16.0 Å². The van der Waals surface area contributed by atoms with Crippen molar-refractivity contribution in [2.24, 2.45) is 5.92 Å². The minimum absolute atomic E-state index is 0.0276. The van der Waals surface area contributed by atoms with Crippen LogP contribution in [0.3, 0.4) is 0 Å². The molecule has 1 atom stereocenters. The molecule has 3 aromatic heterocycles. The van der Waals surface area contributed by atoms with Crippen LogP contribution >= 0.6 is 0 Å². The number of nitrogens with one attached hydrogen (secondary N) is 2. The molecule has 1 unspecified atom stereocenters. The van der Waals surface area contributed by atoms with Crippen LogP contribution in [0.15, 0.2) is 53.6 Å². The molecule has 4 aromatic rings. The summed E-state index contributed by atoms with van der Waals surface area (Å²) in [5.41, 5.74) is 4.59. The number of anilines is 3. The molecule has 12 heteroatoms. The van der Waals surface area contributed by atoms with Crippen molar-refractivity contribution in [3.05, 3.63) is 81.4 Å². The number of aryl methyl sites for hydroxylation is 1. The van der Waals surface area contributed by atoms with Gasteiger partial charge in [0.05, 0.1) is 23.4 Å². The lowest BCUT2D eigenvalue weighted by molar-refractivity contribution is -0.134. The first-order chi connectivity index (χ1) is 26.2. The van der Waals surface area contributed by atoms with E-state index < -0.39 is 0 Å². The highest BCUT2D eigenvalue weighted by Crippen LogP contribution is 2.33. The molecule has 54 heavy (non-hydrogen) atoms. The smallest absolute Gasteiger partial charge is 0.263 e. The summed E-state index contributed by atoms with van der Waals surface area (Å²) in [7, 11) is 0. The van der Waals surface area contributed by atoms with Crippen LogP contribution in [0.2, 0.25) is 0 Å². The lowest BCUT2D eigenvalue weighted by Gasteiger charge is -2.42. The number of hydrogen-bond donors (Lipinski definition) is 2. The molecular formula is C42H50N8O4. The number of pyridine rings is 2. The first-order valence-electron chi connectivity index (χ1n) is 19.8. The van der Waals surface area contributed by atoms with Crippen molar-refractivity contribution in [3.8, 4) is 0 Å². The van der Waals surface area contributed by atoms with Crippen molar-refractivity contribution in [1.29, 1.82) is 0 Å². The molecule has 0 radical (unpaired) electrons. The number of carbonyl (C=O) groups is 3. The third-order valence-electron chi connectivity index (χ3n) is 12.4. The maximum atomic E-state index is 13.6. The van der Waals surface area contributed by atoms with E-state index in [0.717, 1.165) is 87.8 Å². The van der Waals surface area contributed by atoms with Crippen LogP contribution < -0.4 is 21.1 Å². The Bertz CT molecular complexity index is 2090. The van der Waals surface area contributed by atoms with E-state index in [2.05, 4.69) is 55.7 Å². The lowest BCUT2D eigenvalue weighted by atomic mass is 9.86. The fourth-order valence-corrected chi connectivity index (χ4v) is 9.31. The number of Topliss-reactive ketones (excluding diaryl/α,β-unsaturated/α-hetero) is 1. The molecule has 12 nitrogen and oxygen atoms in total. The number of benzene rings is 1. The van der Waals surface area contributed by atoms with Gasteiger partial charge >= 0.3 is 0 Å². The number of ketones is 1. The molecule has 1 saturated carbocycles. The van der Waals surface area contributed by atoms with E-state index >= 15 is 0 Å². The Kier molecular flexibility index (Phi) is 10.3. The van der Waals surface area contributed by atoms with E-state index in [1.807, 2.05) is 12.3 Å². The topological polar surface area (TPSA) is 142 Å². The molecule has 2 N–H and O–H groups in total. The number of piperidine rings is 3. The van der Waals surface area contributed by atoms with Gasteiger partial charge in [-0.15, -0.1) is 0 Å². The normalized spacial score (nSPS) is 20.8. The second-order valence-electron chi connectivity index (χ2n) is 15.8. The summed E-state index contributed by atoms with van der Waals surface area (Å²) in [5.74, 6) is 0.866. The quantitative estimate of drug-likeness (QED) is 0.156. The molecule has 4 aliphatic rings. The first-order valence-corrected chi connectivity index (χ1v) is 19.8. The molecule has 282 valence electrons. The monoisotopic (exact) mass is 730 g/mol. The maximum Gasteiger partial charge on any atom is 0.263 e. The highest BCUT2D eigenvalue weighted by atomic mass is 16.2. The Labute approximate surface area is 315 Å². The first kappa shape index (κ1) is 36.0. The number of rotatable bonds is 9. The summed E-state index contributed by atoms with van der Waals surface area (Å²) in [6.07, 6.45) is 14.2. The Hall–Kier alpha value is -4.97. The number of nitrogens with zero attached hydrogens (tertiary/aromatic N) is 6. The van der Waals surface area contributed by atoms with Gasteiger partial charge in [-0.25, -0.2) is 9.97 Å². The van der Waals surface area contributed by atoms with E-state index in [4.69, 9.17) is 9.97 Å². The van der Waals surface area contributed by atoms with Gasteiger partial charge in [-0.3, -0.25) is 29.1 Å². The van der Waals surface area contributed by atoms with Gasteiger partial charge in [0.2, 0.25) is 17.8 Å². The summed E-state index contributed by atoms with van der Waals surface area (Å²) in [5, 5.41) is 6.44. The van der Waals surface area contributed by atoms with E-state index in [0.29, 0.717) is 47.8 Å². The van der Waals surface area contributed by atoms with Gasteiger partial charge in [0.25, 0.3) is 5.56 Å². The second-order valence-corrected chi connectivity index (χ2v) is 15.8. The number of amides is 2. The minimum atomic E-state index is -0.257. The van der Waals surface area contributed by atoms with Crippen LogP contribution in [0, 0.1) is 12.8 Å². The van der Waals surface area contributed by atoms with Gasteiger partial charge in [-0.2, -0.15) is 4.98 Å². The zero-order valence-corrected chi connectivity index (χ0v) is 31.4. The lowest BCUT2D eigenvalue weighted by Crippen LogP contribution is -2.48. The number of carbonyl (C=O) groups excluding carboxylic acids is 3. The molecule has 8 rings (SSSR count). The van der Waals surface area contributed by atoms with Crippen molar-refractivity contribution in [2.45, 2.75) is 102 Å². The highest BCUT2D eigenvalue weighted by Gasteiger charge is 2.30. The molecule has 1 aromatic carbocycles. The number of likely N-dealkylation sites (tertiary alicyclic amines) is 1. The molecule has 1 aliphatic carbocycles. The summed E-state index contributed by atoms with van der Waals surface area (Å²) < 4.78 is 1.73. The molecule has 6 heterocycles. The fraction of sp³-hybridized carbons (Fsp3) is 0.500. The Morgan fingerprint density at radius 1 is 0.852 bits per heavy atom. The average Bonchev–Trinajstić information content (AvgIpc) is 3.71. The van der Waals surface area contributed by atoms with E-state index in [1.54, 1.807) is 17.7 Å². The summed E-state index contributed by atoms with van der Waals surface area (Å²) in [6, 6.07) is 13.2. The van der Waals surface area contributed by atoms with Crippen molar-refractivity contribution >= 4 is 46.1 Å².